The highest BCUT2D eigenvalue weighted by atomic mass is 19.1. The number of aromatic nitrogens is 4. The Kier molecular flexibility index (Phi) is 2.26. The Balaban J connectivity index is 2.75. The molecule has 2 rings (SSSR count). The van der Waals surface area contributed by atoms with Gasteiger partial charge in [-0.1, -0.05) is 0 Å². The van der Waals surface area contributed by atoms with Crippen LogP contribution < -0.4 is 5.32 Å². The van der Waals surface area contributed by atoms with E-state index in [1.165, 1.54) is 0 Å². The molecule has 0 aliphatic carbocycles. The zero-order valence-corrected chi connectivity index (χ0v) is 8.82. The van der Waals surface area contributed by atoms with Gasteiger partial charge in [0, 0.05) is 13.1 Å². The van der Waals surface area contributed by atoms with Gasteiger partial charge in [0.05, 0.1) is 6.33 Å². The fraction of sp³-hybridized carbons (Fsp3) is 0.444. The van der Waals surface area contributed by atoms with E-state index in [2.05, 4.69) is 20.3 Å². The van der Waals surface area contributed by atoms with Crippen LogP contribution in [0, 0.1) is 6.08 Å². The van der Waals surface area contributed by atoms with Crippen LogP contribution in [0.1, 0.15) is 19.9 Å². The Bertz CT molecular complexity index is 490. The largest absolute Gasteiger partial charge is 0.371 e. The molecule has 6 heteroatoms. The summed E-state index contributed by atoms with van der Waals surface area (Å²) < 4.78 is 14.9. The molecule has 0 fully saturated rings. The summed E-state index contributed by atoms with van der Waals surface area (Å²) in [6, 6.07) is 0.189. The third kappa shape index (κ3) is 1.51. The van der Waals surface area contributed by atoms with Crippen LogP contribution in [0.2, 0.25) is 0 Å². The highest BCUT2D eigenvalue weighted by Gasteiger charge is 2.13. The highest BCUT2D eigenvalue weighted by Crippen LogP contribution is 2.20. The lowest BCUT2D eigenvalue weighted by Gasteiger charge is -2.07. The second kappa shape index (κ2) is 3.45. The summed E-state index contributed by atoms with van der Waals surface area (Å²) in [6.45, 7) is 3.97. The van der Waals surface area contributed by atoms with Gasteiger partial charge in [-0.15, -0.1) is 0 Å². The SMILES string of the molecule is CNc1nc(F)nc2c1ncn2C(C)C. The normalized spacial score (nSPS) is 11.3. The third-order valence-corrected chi connectivity index (χ3v) is 2.19. The molecule has 0 bridgehead atoms. The molecule has 2 aromatic heterocycles. The maximum absolute atomic E-state index is 13.1. The van der Waals surface area contributed by atoms with Crippen LogP contribution in [0.15, 0.2) is 6.33 Å². The van der Waals surface area contributed by atoms with Gasteiger partial charge in [0.1, 0.15) is 0 Å². The topological polar surface area (TPSA) is 55.6 Å². The summed E-state index contributed by atoms with van der Waals surface area (Å²) in [5.74, 6) is 0.414. The number of nitrogens with one attached hydrogen (secondary N) is 1. The van der Waals surface area contributed by atoms with Crippen LogP contribution in [-0.2, 0) is 0 Å². The summed E-state index contributed by atoms with van der Waals surface area (Å²) >= 11 is 0. The summed E-state index contributed by atoms with van der Waals surface area (Å²) in [4.78, 5) is 11.5. The number of halogens is 1. The molecule has 15 heavy (non-hydrogen) atoms. The Morgan fingerprint density at radius 2 is 2.13 bits per heavy atom. The van der Waals surface area contributed by atoms with E-state index >= 15 is 0 Å². The standard InChI is InChI=1S/C9H12FN5/c1-5(2)15-4-12-6-7(11-3)13-9(10)14-8(6)15/h4-5H,1-3H3,(H,11,13,14). The maximum atomic E-state index is 13.1. The molecule has 0 amide bonds. The minimum atomic E-state index is -0.741. The first-order valence-electron chi connectivity index (χ1n) is 4.71. The fourth-order valence-electron chi connectivity index (χ4n) is 1.44. The molecule has 0 aromatic carbocycles. The smallest absolute Gasteiger partial charge is 0.312 e. The van der Waals surface area contributed by atoms with Crippen molar-refractivity contribution in [3.05, 3.63) is 12.4 Å². The zero-order valence-electron chi connectivity index (χ0n) is 8.82. The number of imidazole rings is 1. The van der Waals surface area contributed by atoms with Crippen LogP contribution in [0.25, 0.3) is 11.2 Å². The van der Waals surface area contributed by atoms with E-state index in [4.69, 9.17) is 0 Å². The third-order valence-electron chi connectivity index (χ3n) is 2.19. The van der Waals surface area contributed by atoms with Gasteiger partial charge in [0.2, 0.25) is 0 Å². The van der Waals surface area contributed by atoms with Gasteiger partial charge >= 0.3 is 6.08 Å². The first kappa shape index (κ1) is 9.82. The minimum absolute atomic E-state index is 0.189. The van der Waals surface area contributed by atoms with Gasteiger partial charge in [-0.2, -0.15) is 14.4 Å². The molecular weight excluding hydrogens is 197 g/mol. The van der Waals surface area contributed by atoms with E-state index in [1.807, 2.05) is 13.8 Å². The molecule has 0 saturated heterocycles. The van der Waals surface area contributed by atoms with Crippen LogP contribution in [0.5, 0.6) is 0 Å². The van der Waals surface area contributed by atoms with Gasteiger partial charge in [-0.3, -0.25) is 0 Å². The highest BCUT2D eigenvalue weighted by molar-refractivity contribution is 5.82. The van der Waals surface area contributed by atoms with Gasteiger partial charge in [0.15, 0.2) is 17.0 Å². The summed E-state index contributed by atoms with van der Waals surface area (Å²) in [5.41, 5.74) is 1.11. The van der Waals surface area contributed by atoms with Crippen LogP contribution in [-0.4, -0.2) is 26.6 Å². The molecule has 2 heterocycles. The first-order valence-corrected chi connectivity index (χ1v) is 4.71. The number of nitrogens with zero attached hydrogens (tertiary/aromatic N) is 4. The quantitative estimate of drug-likeness (QED) is 0.763. The number of rotatable bonds is 2. The van der Waals surface area contributed by atoms with Crippen LogP contribution in [0.4, 0.5) is 10.2 Å². The first-order chi connectivity index (χ1) is 7.13. The molecule has 0 aliphatic rings. The molecule has 0 saturated carbocycles. The van der Waals surface area contributed by atoms with Gasteiger partial charge in [0.25, 0.3) is 0 Å². The van der Waals surface area contributed by atoms with Crippen molar-refractivity contribution in [1.29, 1.82) is 0 Å². The predicted molar refractivity (Wildman–Crippen MR) is 55.2 cm³/mol. The zero-order chi connectivity index (χ0) is 11.0. The monoisotopic (exact) mass is 209 g/mol. The Morgan fingerprint density at radius 3 is 2.73 bits per heavy atom. The Hall–Kier alpha value is -1.72. The molecule has 80 valence electrons. The molecule has 0 atom stereocenters. The predicted octanol–water partition coefficient (Wildman–Crippen LogP) is 1.59. The lowest BCUT2D eigenvalue weighted by Crippen LogP contribution is -2.03. The van der Waals surface area contributed by atoms with Gasteiger partial charge in [-0.25, -0.2) is 4.98 Å². The summed E-state index contributed by atoms with van der Waals surface area (Å²) in [6.07, 6.45) is 0.902. The van der Waals surface area contributed by atoms with Crippen molar-refractivity contribution in [1.82, 2.24) is 19.5 Å². The van der Waals surface area contributed by atoms with E-state index in [0.29, 0.717) is 17.0 Å². The van der Waals surface area contributed by atoms with Crippen molar-refractivity contribution in [2.45, 2.75) is 19.9 Å². The second-order valence-corrected chi connectivity index (χ2v) is 3.51. The Labute approximate surface area is 86.4 Å². The van der Waals surface area contributed by atoms with Gasteiger partial charge < -0.3 is 9.88 Å². The Morgan fingerprint density at radius 1 is 1.40 bits per heavy atom. The lowest BCUT2D eigenvalue weighted by molar-refractivity contribution is 0.538. The molecule has 0 unspecified atom stereocenters. The van der Waals surface area contributed by atoms with Crippen molar-refractivity contribution in [2.24, 2.45) is 0 Å². The van der Waals surface area contributed by atoms with E-state index in [-0.39, 0.29) is 6.04 Å². The minimum Gasteiger partial charge on any atom is -0.371 e. The van der Waals surface area contributed by atoms with Gasteiger partial charge in [-0.05, 0) is 13.8 Å². The van der Waals surface area contributed by atoms with E-state index in [0.717, 1.165) is 0 Å². The van der Waals surface area contributed by atoms with Crippen molar-refractivity contribution in [2.75, 3.05) is 12.4 Å². The molecule has 2 aromatic rings. The van der Waals surface area contributed by atoms with Crippen molar-refractivity contribution >= 4 is 17.0 Å². The van der Waals surface area contributed by atoms with Crippen molar-refractivity contribution in [3.63, 3.8) is 0 Å². The fourth-order valence-corrected chi connectivity index (χ4v) is 1.44. The van der Waals surface area contributed by atoms with E-state index in [1.54, 1.807) is 17.9 Å². The average Bonchev–Trinajstić information content (AvgIpc) is 2.59. The number of anilines is 1. The molecule has 5 nitrogen and oxygen atoms in total. The van der Waals surface area contributed by atoms with E-state index in [9.17, 15) is 4.39 Å². The van der Waals surface area contributed by atoms with Crippen LogP contribution in [0.3, 0.4) is 0 Å². The van der Waals surface area contributed by atoms with Crippen molar-refractivity contribution < 1.29 is 4.39 Å². The maximum Gasteiger partial charge on any atom is 0.312 e. The summed E-state index contributed by atoms with van der Waals surface area (Å²) in [5, 5.41) is 2.80. The summed E-state index contributed by atoms with van der Waals surface area (Å²) in [7, 11) is 1.68. The molecule has 0 radical (unpaired) electrons. The second-order valence-electron chi connectivity index (χ2n) is 3.51. The molecular formula is C9H12FN5. The van der Waals surface area contributed by atoms with E-state index < -0.39 is 6.08 Å². The van der Waals surface area contributed by atoms with Crippen molar-refractivity contribution in [3.8, 4) is 0 Å². The number of fused-ring (bicyclic) bond motifs is 1. The number of hydrogen-bond acceptors (Lipinski definition) is 4. The van der Waals surface area contributed by atoms with Crippen LogP contribution >= 0.6 is 0 Å². The molecule has 1 N–H and O–H groups in total. The number of hydrogen-bond donors (Lipinski definition) is 1. The lowest BCUT2D eigenvalue weighted by atomic mass is 10.4. The average molecular weight is 209 g/mol. The molecule has 0 aliphatic heterocycles. The molecule has 0 spiro atoms.